The van der Waals surface area contributed by atoms with Gasteiger partial charge < -0.3 is 51.2 Å². The number of pyridine rings is 2. The number of aromatic amines is 1. The van der Waals surface area contributed by atoms with Crippen LogP contribution in [-0.2, 0) is 48.7 Å². The van der Waals surface area contributed by atoms with Crippen LogP contribution in [0.2, 0.25) is 15.5 Å². The van der Waals surface area contributed by atoms with E-state index >= 15 is 0 Å². The number of fused-ring (bicyclic) bond motifs is 3. The molecule has 15 rings (SSSR count). The average Bonchev–Trinajstić information content (AvgIpc) is 1.62. The topological polar surface area (TPSA) is 435 Å². The van der Waals surface area contributed by atoms with Gasteiger partial charge >= 0.3 is 12.2 Å². The van der Waals surface area contributed by atoms with Crippen molar-refractivity contribution in [2.75, 3.05) is 69.9 Å². The van der Waals surface area contributed by atoms with Crippen LogP contribution in [0, 0.1) is 27.7 Å². The first-order valence-corrected chi connectivity index (χ1v) is 38.6. The number of aromatic nitrogens is 20. The minimum Gasteiger partial charge on any atom is -0.443 e. The minimum absolute atomic E-state index is 0.00524. The molecule has 4 aliphatic rings. The number of carbonyl (C=O) groups excluding carboxylic acids is 2. The van der Waals surface area contributed by atoms with Crippen molar-refractivity contribution in [3.63, 3.8) is 0 Å². The molecule has 0 saturated carbocycles. The molecule has 1 atom stereocenters. The molecule has 11 aromatic rings. The van der Waals surface area contributed by atoms with E-state index in [1.165, 1.54) is 89.2 Å². The fourth-order valence-corrected chi connectivity index (χ4v) is 12.9. The predicted molar refractivity (Wildman–Crippen MR) is 436 cm³/mol. The number of halogens is 3. The number of amides is 2. The molecule has 37 heteroatoms. The number of hydrogen-bond donors (Lipinski definition) is 6. The van der Waals surface area contributed by atoms with Gasteiger partial charge in [-0.15, -0.1) is 0 Å². The molecule has 0 aliphatic carbocycles. The number of anilines is 6. The number of rotatable bonds is 14. The quantitative estimate of drug-likeness (QED) is 0.0551. The minimum atomic E-state index is -0.839. The molecule has 602 valence electrons. The number of aryl methyl sites for hydroxylation is 4. The number of aliphatic hydroxyl groups excluding tert-OH is 2. The number of nitrogen functional groups attached to an aromatic ring is 1. The molecule has 8 N–H and O–H groups in total. The van der Waals surface area contributed by atoms with Crippen LogP contribution in [0.4, 0.5) is 44.5 Å². The molecule has 2 amide bonds. The third-order valence-corrected chi connectivity index (χ3v) is 18.8. The monoisotopic (exact) mass is 1610 g/mol. The number of hydrogen-bond acceptors (Lipinski definition) is 31. The Bertz CT molecular complexity index is 5020. The largest absolute Gasteiger partial charge is 0.443 e. The second-order valence-electron chi connectivity index (χ2n) is 29.1. The summed E-state index contributed by atoms with van der Waals surface area (Å²) < 4.78 is 12.5. The van der Waals surface area contributed by atoms with Crippen LogP contribution in [0.3, 0.4) is 0 Å². The highest BCUT2D eigenvalue weighted by Gasteiger charge is 2.34. The van der Waals surface area contributed by atoms with Crippen molar-refractivity contribution in [3.05, 3.63) is 176 Å². The second kappa shape index (κ2) is 40.6. The van der Waals surface area contributed by atoms with Crippen molar-refractivity contribution < 1.29 is 29.3 Å². The van der Waals surface area contributed by atoms with Gasteiger partial charge in [0.15, 0.2) is 16.8 Å². The van der Waals surface area contributed by atoms with Crippen LogP contribution >= 0.6 is 34.8 Å². The van der Waals surface area contributed by atoms with Gasteiger partial charge in [0.2, 0.25) is 0 Å². The molecule has 11 aromatic heterocycles. The lowest BCUT2D eigenvalue weighted by Crippen LogP contribution is -2.44. The van der Waals surface area contributed by atoms with E-state index in [2.05, 4.69) is 120 Å². The summed E-state index contributed by atoms with van der Waals surface area (Å²) >= 11 is 17.2. The van der Waals surface area contributed by atoms with Gasteiger partial charge in [0.25, 0.3) is 0 Å². The lowest BCUT2D eigenvalue weighted by Gasteiger charge is -2.28. The number of aliphatic hydroxyl groups is 2. The Morgan fingerprint density at radius 1 is 0.579 bits per heavy atom. The highest BCUT2D eigenvalue weighted by atomic mass is 35.5. The molecular weight excluding hydrogens is 1520 g/mol. The van der Waals surface area contributed by atoms with Gasteiger partial charge in [0.1, 0.15) is 80.6 Å². The number of nitrogens with one attached hydrogen (secondary N) is 2. The molecule has 4 aliphatic heterocycles. The highest BCUT2D eigenvalue weighted by Crippen LogP contribution is 2.27. The molecule has 114 heavy (non-hydrogen) atoms. The summed E-state index contributed by atoms with van der Waals surface area (Å²) in [5.74, 6) is 4.26. The van der Waals surface area contributed by atoms with Crippen LogP contribution in [0.15, 0.2) is 98.1 Å². The zero-order chi connectivity index (χ0) is 81.5. The lowest BCUT2D eigenvalue weighted by atomic mass is 10.1. The van der Waals surface area contributed by atoms with E-state index in [-0.39, 0.29) is 25.1 Å². The van der Waals surface area contributed by atoms with Crippen molar-refractivity contribution in [3.8, 4) is 0 Å². The molecule has 0 aromatic carbocycles. The standard InChI is InChI=1S/C23H28N10.C18H29N3O4.C16H17ClN6.C10H15N3O.C5H3ClN4.C5H5ClN2O/c1-15-8-20(24)30-16(2)18(15)10-27-22-19-13-33(31-23(19)29-14-28-22)12-17-9-26-21(11-25-17)32-6-4-3-5-7-32;1-11-9-14(20-12(2)13(11)10-19)21(15(22)24-17(3,4)5)16(23)25-18(6,7)8;17-15-13-7-11(22-16(13)21-10-20-15)6-12-8-19-14(9-18-12)23-4-2-1-3-5-23;14-8-9-6-12-10(7-11-9)13-4-2-1-3-5-13;6-4-3-1-9-10-5(3)8-2-7-4;6-5-2-7-4(3-9)1-8-5/h8-9,11,13-14H,3-7,10,12H2,1-2H3,(H2,24,30)(H,27,28,29,31);9H,10,19H2,1-8H3;7-11H,1-6H2;6-7,14H,1-5,8H2;1-2H,(H,7,8,9,10);1-2,9H,3H2. The maximum absolute atomic E-state index is 12.6. The Morgan fingerprint density at radius 2 is 1.10 bits per heavy atom. The molecule has 0 radical (unpaired) electrons. The Kier molecular flexibility index (Phi) is 30.4. The maximum Gasteiger partial charge on any atom is 0.425 e. The number of ether oxygens (including phenoxy) is 2. The van der Waals surface area contributed by atoms with E-state index in [0.717, 1.165) is 123 Å². The maximum atomic E-state index is 12.6. The van der Waals surface area contributed by atoms with Crippen molar-refractivity contribution in [1.29, 1.82) is 0 Å². The molecule has 1 unspecified atom stereocenters. The van der Waals surface area contributed by atoms with Crippen molar-refractivity contribution in [2.24, 2.45) is 10.7 Å². The Labute approximate surface area is 675 Å². The fraction of sp³-hybridized carbons (Fsp3) is 0.442. The van der Waals surface area contributed by atoms with Crippen molar-refractivity contribution in [2.45, 2.75) is 184 Å². The summed E-state index contributed by atoms with van der Waals surface area (Å²) in [7, 11) is 0. The first kappa shape index (κ1) is 85.4. The van der Waals surface area contributed by atoms with Gasteiger partial charge in [-0.2, -0.15) is 15.1 Å². The average molecular weight is 1620 g/mol. The normalized spacial score (nSPS) is 14.5. The van der Waals surface area contributed by atoms with E-state index in [1.807, 2.05) is 68.6 Å². The molecule has 34 nitrogen and oxygen atoms in total. The van der Waals surface area contributed by atoms with Gasteiger partial charge in [-0.25, -0.2) is 69.4 Å². The van der Waals surface area contributed by atoms with E-state index < -0.39 is 23.4 Å². The zero-order valence-electron chi connectivity index (χ0n) is 65.7. The number of nitrogens with zero attached hydrogens (tertiary/aromatic N) is 24. The third-order valence-electron chi connectivity index (χ3n) is 18.0. The van der Waals surface area contributed by atoms with Gasteiger partial charge in [-0.1, -0.05) is 34.8 Å². The van der Waals surface area contributed by atoms with Gasteiger partial charge in [0.05, 0.1) is 120 Å². The number of H-pyrrole nitrogens is 1. The summed E-state index contributed by atoms with van der Waals surface area (Å²) in [4.78, 5) is 105. The first-order valence-electron chi connectivity index (χ1n) is 37.5. The van der Waals surface area contributed by atoms with E-state index in [1.54, 1.807) is 73.1 Å². The van der Waals surface area contributed by atoms with E-state index in [4.69, 9.17) is 66.0 Å². The Morgan fingerprint density at radius 3 is 1.60 bits per heavy atom. The fourth-order valence-electron chi connectivity index (χ4n) is 12.4. The van der Waals surface area contributed by atoms with Gasteiger partial charge in [-0.3, -0.25) is 34.7 Å². The summed E-state index contributed by atoms with van der Waals surface area (Å²) in [6.07, 6.45) is 33.9. The van der Waals surface area contributed by atoms with E-state index in [0.29, 0.717) is 81.2 Å². The van der Waals surface area contributed by atoms with Crippen molar-refractivity contribution in [1.82, 2.24) is 99.7 Å². The van der Waals surface area contributed by atoms with E-state index in [9.17, 15) is 9.59 Å². The summed E-state index contributed by atoms with van der Waals surface area (Å²) in [5.41, 5.74) is 20.4. The summed E-state index contributed by atoms with van der Waals surface area (Å²) in [6, 6.07) is 3.51. The summed E-state index contributed by atoms with van der Waals surface area (Å²) in [5, 5.41) is 35.4. The summed E-state index contributed by atoms with van der Waals surface area (Å²) in [6.45, 7) is 25.7. The molecule has 0 spiro atoms. The Balaban J connectivity index is 0.000000153. The van der Waals surface area contributed by atoms with Crippen molar-refractivity contribution >= 4 is 110 Å². The third kappa shape index (κ3) is 24.7. The van der Waals surface area contributed by atoms with Crippen LogP contribution in [0.5, 0.6) is 0 Å². The molecule has 3 fully saturated rings. The highest BCUT2D eigenvalue weighted by molar-refractivity contribution is 6.33. The second-order valence-corrected chi connectivity index (χ2v) is 30.2. The number of nitrogens with two attached hydrogens (primary N) is 2. The molecule has 15 heterocycles. The number of imide groups is 1. The Hall–Kier alpha value is -11.0. The van der Waals surface area contributed by atoms with Crippen LogP contribution < -0.4 is 47.1 Å². The zero-order valence-corrected chi connectivity index (χ0v) is 68.0. The smallest absolute Gasteiger partial charge is 0.425 e. The van der Waals surface area contributed by atoms with Gasteiger partial charge in [0, 0.05) is 76.4 Å². The predicted octanol–water partition coefficient (Wildman–Crippen LogP) is 10.2. The van der Waals surface area contributed by atoms with Crippen LogP contribution in [0.25, 0.3) is 28.1 Å². The molecule has 0 bridgehead atoms. The van der Waals surface area contributed by atoms with Crippen LogP contribution in [0.1, 0.15) is 156 Å². The van der Waals surface area contributed by atoms with Crippen LogP contribution in [-0.4, -0.2) is 179 Å². The first-order chi connectivity index (χ1) is 54.7. The van der Waals surface area contributed by atoms with Gasteiger partial charge in [-0.05, 0) is 167 Å². The lowest BCUT2D eigenvalue weighted by molar-refractivity contribution is 0.0428. The molecular formula is C77H97Cl3N28O6. The molecule has 3 saturated heterocycles. The number of carbonyl (C=O) groups is 2. The number of piperidine rings is 3. The SMILES string of the molecule is Cc1cc(N(C(=O)OC(C)(C)C)C(=O)OC(C)(C)C)nc(C)c1CN.Cc1cc(N)nc(C)c1CNc1ncnc2nn(Cc3cnc(N4CCCCC4)cn3)cc12.Clc1ncnc2[nH]ncc12.Clc1ncnc2c1=CC(Cc1cnc(N3CCCCC3)cn1)N=2.OCc1cnc(Cl)cn1.OCc1cnc(N2CCCCC2)cn1.